The van der Waals surface area contributed by atoms with Gasteiger partial charge in [0, 0.05) is 36.6 Å². The lowest BCUT2D eigenvalue weighted by molar-refractivity contribution is -0.116. The number of nitrogens with zero attached hydrogens (tertiary/aromatic N) is 3. The molecule has 2 aromatic rings. The number of hydrogen-bond acceptors (Lipinski definition) is 6. The number of sulfonamides is 1. The van der Waals surface area contributed by atoms with Crippen LogP contribution in [0.2, 0.25) is 0 Å². The Labute approximate surface area is 177 Å². The predicted molar refractivity (Wildman–Crippen MR) is 117 cm³/mol. The topological polar surface area (TPSA) is 92.3 Å². The van der Waals surface area contributed by atoms with Gasteiger partial charge in [0.25, 0.3) is 0 Å². The quantitative estimate of drug-likeness (QED) is 0.478. The van der Waals surface area contributed by atoms with Crippen LogP contribution in [0.5, 0.6) is 0 Å². The van der Waals surface area contributed by atoms with E-state index in [1.54, 1.807) is 26.0 Å². The van der Waals surface area contributed by atoms with Gasteiger partial charge in [0.15, 0.2) is 5.16 Å². The Morgan fingerprint density at radius 2 is 1.62 bits per heavy atom. The van der Waals surface area contributed by atoms with Crippen molar-refractivity contribution in [2.75, 3.05) is 24.7 Å². The normalized spacial score (nSPS) is 11.7. The molecule has 0 saturated carbocycles. The van der Waals surface area contributed by atoms with Gasteiger partial charge in [-0.3, -0.25) is 4.79 Å². The molecule has 1 amide bonds. The molecule has 7 nitrogen and oxygen atoms in total. The van der Waals surface area contributed by atoms with Crippen molar-refractivity contribution in [1.29, 1.82) is 0 Å². The van der Waals surface area contributed by atoms with Gasteiger partial charge >= 0.3 is 0 Å². The van der Waals surface area contributed by atoms with E-state index in [0.717, 1.165) is 22.1 Å². The molecule has 1 heterocycles. The Kier molecular flexibility index (Phi) is 8.18. The lowest BCUT2D eigenvalue weighted by atomic mass is 10.1. The van der Waals surface area contributed by atoms with Gasteiger partial charge in [-0.05, 0) is 56.4 Å². The minimum Gasteiger partial charge on any atom is -0.326 e. The van der Waals surface area contributed by atoms with Crippen LogP contribution in [0.25, 0.3) is 0 Å². The molecule has 0 aliphatic heterocycles. The molecule has 0 spiro atoms. The molecule has 158 valence electrons. The fourth-order valence-corrected chi connectivity index (χ4v) is 4.96. The van der Waals surface area contributed by atoms with Crippen molar-refractivity contribution in [3.63, 3.8) is 0 Å². The Morgan fingerprint density at radius 1 is 1.07 bits per heavy atom. The zero-order valence-electron chi connectivity index (χ0n) is 17.5. The van der Waals surface area contributed by atoms with E-state index >= 15 is 0 Å². The highest BCUT2D eigenvalue weighted by Crippen LogP contribution is 2.20. The lowest BCUT2D eigenvalue weighted by Crippen LogP contribution is -2.30. The Bertz CT molecular complexity index is 933. The number of anilines is 1. The van der Waals surface area contributed by atoms with E-state index < -0.39 is 10.0 Å². The minimum absolute atomic E-state index is 0.142. The van der Waals surface area contributed by atoms with Gasteiger partial charge in [-0.25, -0.2) is 18.4 Å². The summed E-state index contributed by atoms with van der Waals surface area (Å²) in [7, 11) is -3.50. The molecule has 0 aliphatic carbocycles. The van der Waals surface area contributed by atoms with Crippen molar-refractivity contribution in [3.8, 4) is 0 Å². The highest BCUT2D eigenvalue weighted by molar-refractivity contribution is 7.98. The number of hydrogen-bond donors (Lipinski definition) is 1. The molecule has 1 N–H and O–H groups in total. The summed E-state index contributed by atoms with van der Waals surface area (Å²) in [5.41, 5.74) is 3.33. The van der Waals surface area contributed by atoms with Gasteiger partial charge < -0.3 is 5.32 Å². The van der Waals surface area contributed by atoms with E-state index in [-0.39, 0.29) is 10.8 Å². The highest BCUT2D eigenvalue weighted by Gasteiger charge is 2.21. The first kappa shape index (κ1) is 23.3. The standard InChI is InChI=1S/C20H28N4O3S2/c1-6-24(7-2)29(26,27)17-10-8-16(9-11-17)23-19(25)13-12-18-14(3)21-20(28-5)22-15(18)4/h8-11H,6-7,12-13H2,1-5H3,(H,23,25). The average Bonchev–Trinajstić information content (AvgIpc) is 2.68. The smallest absolute Gasteiger partial charge is 0.243 e. The summed E-state index contributed by atoms with van der Waals surface area (Å²) in [6.07, 6.45) is 2.77. The van der Waals surface area contributed by atoms with E-state index in [0.29, 0.717) is 31.6 Å². The Balaban J connectivity index is 2.02. The summed E-state index contributed by atoms with van der Waals surface area (Å²) in [6, 6.07) is 6.27. The maximum atomic E-state index is 12.5. The molecule has 0 unspecified atom stereocenters. The minimum atomic E-state index is -3.50. The van der Waals surface area contributed by atoms with Gasteiger partial charge in [0.05, 0.1) is 4.90 Å². The number of amides is 1. The van der Waals surface area contributed by atoms with E-state index in [4.69, 9.17) is 0 Å². The monoisotopic (exact) mass is 436 g/mol. The van der Waals surface area contributed by atoms with Crippen molar-refractivity contribution in [2.45, 2.75) is 50.6 Å². The predicted octanol–water partition coefficient (Wildman–Crippen LogP) is 3.42. The molecule has 0 fully saturated rings. The molecule has 2 rings (SSSR count). The molecule has 1 aromatic carbocycles. The van der Waals surface area contributed by atoms with Crippen molar-refractivity contribution in [1.82, 2.24) is 14.3 Å². The van der Waals surface area contributed by atoms with Gasteiger partial charge in [-0.15, -0.1) is 0 Å². The first-order valence-electron chi connectivity index (χ1n) is 9.51. The van der Waals surface area contributed by atoms with Crippen LogP contribution in [0.15, 0.2) is 34.3 Å². The van der Waals surface area contributed by atoms with E-state index in [1.165, 1.54) is 28.2 Å². The van der Waals surface area contributed by atoms with E-state index in [2.05, 4.69) is 15.3 Å². The summed E-state index contributed by atoms with van der Waals surface area (Å²) >= 11 is 1.49. The molecule has 1 aromatic heterocycles. The van der Waals surface area contributed by atoms with Crippen LogP contribution in [-0.2, 0) is 21.2 Å². The zero-order chi connectivity index (χ0) is 21.6. The second kappa shape index (κ2) is 10.2. The fraction of sp³-hybridized carbons (Fsp3) is 0.450. The molecule has 0 saturated heterocycles. The summed E-state index contributed by atoms with van der Waals surface area (Å²) < 4.78 is 26.4. The van der Waals surface area contributed by atoms with Crippen molar-refractivity contribution < 1.29 is 13.2 Å². The van der Waals surface area contributed by atoms with Crippen LogP contribution < -0.4 is 5.32 Å². The van der Waals surface area contributed by atoms with Crippen molar-refractivity contribution in [3.05, 3.63) is 41.2 Å². The second-order valence-electron chi connectivity index (χ2n) is 6.52. The highest BCUT2D eigenvalue weighted by atomic mass is 32.2. The van der Waals surface area contributed by atoms with E-state index in [1.807, 2.05) is 20.1 Å². The van der Waals surface area contributed by atoms with Gasteiger partial charge in [-0.2, -0.15) is 4.31 Å². The molecule has 0 radical (unpaired) electrons. The molecule has 0 atom stereocenters. The molecule has 0 bridgehead atoms. The van der Waals surface area contributed by atoms with Crippen LogP contribution >= 0.6 is 11.8 Å². The number of carbonyl (C=O) groups excluding carboxylic acids is 1. The summed E-state index contributed by atoms with van der Waals surface area (Å²) in [5.74, 6) is -0.142. The number of benzene rings is 1. The number of aromatic nitrogens is 2. The zero-order valence-corrected chi connectivity index (χ0v) is 19.2. The van der Waals surface area contributed by atoms with Crippen molar-refractivity contribution in [2.24, 2.45) is 0 Å². The van der Waals surface area contributed by atoms with E-state index in [9.17, 15) is 13.2 Å². The number of carbonyl (C=O) groups is 1. The van der Waals surface area contributed by atoms with Crippen molar-refractivity contribution >= 4 is 33.4 Å². The molecule has 9 heteroatoms. The first-order valence-corrected chi connectivity index (χ1v) is 12.2. The summed E-state index contributed by atoms with van der Waals surface area (Å²) in [5, 5.41) is 3.55. The Hall–Kier alpha value is -1.97. The maximum absolute atomic E-state index is 12.5. The fourth-order valence-electron chi connectivity index (χ4n) is 3.05. The molecular formula is C20H28N4O3S2. The van der Waals surface area contributed by atoms with Crippen LogP contribution in [0.4, 0.5) is 5.69 Å². The number of thioether (sulfide) groups is 1. The SMILES string of the molecule is CCN(CC)S(=O)(=O)c1ccc(NC(=O)CCc2c(C)nc(SC)nc2C)cc1. The first-order chi connectivity index (χ1) is 13.7. The van der Waals surface area contributed by atoms with Gasteiger partial charge in [0.1, 0.15) is 0 Å². The van der Waals surface area contributed by atoms with Gasteiger partial charge in [0.2, 0.25) is 15.9 Å². The van der Waals surface area contributed by atoms with Gasteiger partial charge in [-0.1, -0.05) is 25.6 Å². The van der Waals surface area contributed by atoms with Crippen LogP contribution in [0.1, 0.15) is 37.2 Å². The summed E-state index contributed by atoms with van der Waals surface area (Å²) in [4.78, 5) is 21.4. The third-order valence-electron chi connectivity index (χ3n) is 4.67. The van der Waals surface area contributed by atoms with Crippen LogP contribution in [0, 0.1) is 13.8 Å². The maximum Gasteiger partial charge on any atom is 0.243 e. The van der Waals surface area contributed by atoms with Crippen LogP contribution in [0.3, 0.4) is 0 Å². The number of aryl methyl sites for hydroxylation is 2. The Morgan fingerprint density at radius 3 is 2.10 bits per heavy atom. The summed E-state index contributed by atoms with van der Waals surface area (Å²) in [6.45, 7) is 8.29. The average molecular weight is 437 g/mol. The third-order valence-corrected chi connectivity index (χ3v) is 7.28. The molecule has 0 aliphatic rings. The lowest BCUT2D eigenvalue weighted by Gasteiger charge is -2.18. The third kappa shape index (κ3) is 5.77. The number of rotatable bonds is 9. The molecule has 29 heavy (non-hydrogen) atoms. The second-order valence-corrected chi connectivity index (χ2v) is 9.23. The van der Waals surface area contributed by atoms with Crippen LogP contribution in [-0.4, -0.2) is 47.9 Å². The largest absolute Gasteiger partial charge is 0.326 e. The molecular weight excluding hydrogens is 408 g/mol. The number of nitrogens with one attached hydrogen (secondary N) is 1.